The third kappa shape index (κ3) is 4.95. The first-order valence-electron chi connectivity index (χ1n) is 11.7. The normalized spacial score (nSPS) is 21.0. The molecule has 8 heteroatoms. The SMILES string of the molecule is O=C(CCc1ccccc1)NC1CCN(C(=O)CN2C(=O)NC3(CCCCC3)C2=O)CC1. The number of urea groups is 1. The molecule has 5 amide bonds. The largest absolute Gasteiger partial charge is 0.353 e. The van der Waals surface area contributed by atoms with E-state index in [-0.39, 0.29) is 30.3 Å². The number of benzene rings is 1. The predicted molar refractivity (Wildman–Crippen MR) is 119 cm³/mol. The van der Waals surface area contributed by atoms with E-state index in [0.717, 1.165) is 29.7 Å². The number of nitrogens with one attached hydrogen (secondary N) is 2. The average molecular weight is 441 g/mol. The Morgan fingerprint density at radius 3 is 2.41 bits per heavy atom. The lowest BCUT2D eigenvalue weighted by molar-refractivity contribution is -0.140. The monoisotopic (exact) mass is 440 g/mol. The standard InChI is InChI=1S/C24H32N4O4/c29-20(10-9-18-7-3-1-4-8-18)25-19-11-15-27(16-12-19)21(30)17-28-22(31)24(26-23(28)32)13-5-2-6-14-24/h1,3-4,7-8,19H,2,5-6,9-17H2,(H,25,29)(H,26,32). The molecule has 1 spiro atoms. The summed E-state index contributed by atoms with van der Waals surface area (Å²) in [5.41, 5.74) is 0.339. The third-order valence-corrected chi connectivity index (χ3v) is 6.94. The summed E-state index contributed by atoms with van der Waals surface area (Å²) in [6.45, 7) is 0.815. The minimum Gasteiger partial charge on any atom is -0.353 e. The molecule has 32 heavy (non-hydrogen) atoms. The third-order valence-electron chi connectivity index (χ3n) is 6.94. The van der Waals surface area contributed by atoms with Crippen molar-refractivity contribution in [1.29, 1.82) is 0 Å². The minimum atomic E-state index is -0.799. The van der Waals surface area contributed by atoms with Gasteiger partial charge in [-0.15, -0.1) is 0 Å². The van der Waals surface area contributed by atoms with Gasteiger partial charge in [0.15, 0.2) is 0 Å². The van der Waals surface area contributed by atoms with Crippen LogP contribution in [-0.4, -0.2) is 64.8 Å². The van der Waals surface area contributed by atoms with Crippen molar-refractivity contribution in [3.63, 3.8) is 0 Å². The lowest BCUT2D eigenvalue weighted by atomic mass is 9.82. The Hall–Kier alpha value is -2.90. The summed E-state index contributed by atoms with van der Waals surface area (Å²) >= 11 is 0. The molecule has 2 heterocycles. The van der Waals surface area contributed by atoms with Gasteiger partial charge < -0.3 is 15.5 Å². The lowest BCUT2D eigenvalue weighted by Gasteiger charge is -2.33. The summed E-state index contributed by atoms with van der Waals surface area (Å²) in [5.74, 6) is -0.443. The smallest absolute Gasteiger partial charge is 0.325 e. The fraction of sp³-hybridized carbons (Fsp3) is 0.583. The van der Waals surface area contributed by atoms with E-state index in [1.54, 1.807) is 4.90 Å². The second-order valence-electron chi connectivity index (χ2n) is 9.17. The molecule has 0 unspecified atom stereocenters. The lowest BCUT2D eigenvalue weighted by Crippen LogP contribution is -2.51. The van der Waals surface area contributed by atoms with Crippen LogP contribution in [0.4, 0.5) is 4.79 Å². The van der Waals surface area contributed by atoms with Gasteiger partial charge in [-0.25, -0.2) is 4.79 Å². The van der Waals surface area contributed by atoms with Gasteiger partial charge in [0.1, 0.15) is 12.1 Å². The number of piperidine rings is 1. The molecule has 1 saturated carbocycles. The van der Waals surface area contributed by atoms with Crippen LogP contribution in [0.25, 0.3) is 0 Å². The molecule has 0 aromatic heterocycles. The Morgan fingerprint density at radius 1 is 1.03 bits per heavy atom. The van der Waals surface area contributed by atoms with Gasteiger partial charge in [-0.1, -0.05) is 49.6 Å². The summed E-state index contributed by atoms with van der Waals surface area (Å²) in [6.07, 6.45) is 6.70. The van der Waals surface area contributed by atoms with Gasteiger partial charge in [0.05, 0.1) is 0 Å². The van der Waals surface area contributed by atoms with E-state index in [0.29, 0.717) is 51.6 Å². The van der Waals surface area contributed by atoms with E-state index in [9.17, 15) is 19.2 Å². The molecule has 2 N–H and O–H groups in total. The molecule has 0 bridgehead atoms. The molecular weight excluding hydrogens is 408 g/mol. The number of likely N-dealkylation sites (tertiary alicyclic amines) is 1. The number of rotatable bonds is 6. The molecule has 1 aromatic rings. The van der Waals surface area contributed by atoms with Gasteiger partial charge in [0.25, 0.3) is 5.91 Å². The van der Waals surface area contributed by atoms with E-state index >= 15 is 0 Å². The molecule has 4 rings (SSSR count). The van der Waals surface area contributed by atoms with Crippen molar-refractivity contribution in [2.45, 2.75) is 69.4 Å². The first-order chi connectivity index (χ1) is 15.5. The van der Waals surface area contributed by atoms with E-state index in [1.165, 1.54) is 0 Å². The summed E-state index contributed by atoms with van der Waals surface area (Å²) in [5, 5.41) is 5.92. The molecule has 172 valence electrons. The van der Waals surface area contributed by atoms with E-state index in [1.807, 2.05) is 30.3 Å². The zero-order valence-electron chi connectivity index (χ0n) is 18.5. The number of nitrogens with zero attached hydrogens (tertiary/aromatic N) is 2. The second kappa shape index (κ2) is 9.71. The van der Waals surface area contributed by atoms with Crippen LogP contribution in [0.1, 0.15) is 56.9 Å². The van der Waals surface area contributed by atoms with E-state index in [4.69, 9.17) is 0 Å². The highest BCUT2D eigenvalue weighted by Gasteiger charge is 2.51. The number of hydrogen-bond acceptors (Lipinski definition) is 4. The molecule has 2 aliphatic heterocycles. The number of aryl methyl sites for hydroxylation is 1. The zero-order valence-corrected chi connectivity index (χ0v) is 18.5. The Labute approximate surface area is 188 Å². The van der Waals surface area contributed by atoms with Crippen LogP contribution in [0, 0.1) is 0 Å². The van der Waals surface area contributed by atoms with Crippen LogP contribution in [0.2, 0.25) is 0 Å². The van der Waals surface area contributed by atoms with Crippen LogP contribution >= 0.6 is 0 Å². The van der Waals surface area contributed by atoms with Crippen LogP contribution in [0.3, 0.4) is 0 Å². The Morgan fingerprint density at radius 2 is 1.72 bits per heavy atom. The van der Waals surface area contributed by atoms with Gasteiger partial charge in [-0.3, -0.25) is 19.3 Å². The molecular formula is C24H32N4O4. The second-order valence-corrected chi connectivity index (χ2v) is 9.17. The van der Waals surface area contributed by atoms with Gasteiger partial charge >= 0.3 is 6.03 Å². The first-order valence-corrected chi connectivity index (χ1v) is 11.7. The fourth-order valence-electron chi connectivity index (χ4n) is 5.02. The van der Waals surface area contributed by atoms with Crippen LogP contribution < -0.4 is 10.6 Å². The molecule has 1 aliphatic carbocycles. The van der Waals surface area contributed by atoms with E-state index < -0.39 is 11.6 Å². The maximum absolute atomic E-state index is 12.9. The van der Waals surface area contributed by atoms with Crippen molar-refractivity contribution < 1.29 is 19.2 Å². The fourth-order valence-corrected chi connectivity index (χ4v) is 5.02. The van der Waals surface area contributed by atoms with E-state index in [2.05, 4.69) is 10.6 Å². The molecule has 0 radical (unpaired) electrons. The number of carbonyl (C=O) groups excluding carboxylic acids is 4. The maximum atomic E-state index is 12.9. The Kier molecular flexibility index (Phi) is 6.77. The topological polar surface area (TPSA) is 98.8 Å². The van der Waals surface area contributed by atoms with Gasteiger partial charge in [0, 0.05) is 25.6 Å². The zero-order chi connectivity index (χ0) is 22.6. The van der Waals surface area contributed by atoms with Crippen molar-refractivity contribution >= 4 is 23.8 Å². The van der Waals surface area contributed by atoms with Gasteiger partial charge in [-0.05, 0) is 37.7 Å². The van der Waals surface area contributed by atoms with Gasteiger partial charge in [-0.2, -0.15) is 0 Å². The predicted octanol–water partition coefficient (Wildman–Crippen LogP) is 1.98. The van der Waals surface area contributed by atoms with Crippen LogP contribution in [0.5, 0.6) is 0 Å². The van der Waals surface area contributed by atoms with Crippen molar-refractivity contribution in [3.05, 3.63) is 35.9 Å². The number of hydrogen-bond donors (Lipinski definition) is 2. The summed E-state index contributed by atoms with van der Waals surface area (Å²) < 4.78 is 0. The molecule has 0 atom stereocenters. The maximum Gasteiger partial charge on any atom is 0.325 e. The summed E-state index contributed by atoms with van der Waals surface area (Å²) in [4.78, 5) is 53.1. The molecule has 1 aromatic carbocycles. The Bertz CT molecular complexity index is 858. The Balaban J connectivity index is 1.21. The first kappa shape index (κ1) is 22.3. The quantitative estimate of drug-likeness (QED) is 0.661. The molecule has 8 nitrogen and oxygen atoms in total. The summed E-state index contributed by atoms with van der Waals surface area (Å²) in [6, 6.07) is 9.51. The summed E-state index contributed by atoms with van der Waals surface area (Å²) in [7, 11) is 0. The van der Waals surface area contributed by atoms with Crippen molar-refractivity contribution in [2.75, 3.05) is 19.6 Å². The molecule has 2 saturated heterocycles. The highest BCUT2D eigenvalue weighted by Crippen LogP contribution is 2.33. The van der Waals surface area contributed by atoms with Crippen LogP contribution in [0.15, 0.2) is 30.3 Å². The number of imide groups is 1. The van der Waals surface area contributed by atoms with Crippen molar-refractivity contribution in [3.8, 4) is 0 Å². The minimum absolute atomic E-state index is 0.0238. The number of amides is 5. The van der Waals surface area contributed by atoms with Gasteiger partial charge in [0.2, 0.25) is 11.8 Å². The number of carbonyl (C=O) groups is 4. The average Bonchev–Trinajstić information content (AvgIpc) is 3.03. The van der Waals surface area contributed by atoms with Crippen molar-refractivity contribution in [1.82, 2.24) is 20.4 Å². The van der Waals surface area contributed by atoms with Crippen molar-refractivity contribution in [2.24, 2.45) is 0 Å². The highest BCUT2D eigenvalue weighted by molar-refractivity contribution is 6.09. The highest BCUT2D eigenvalue weighted by atomic mass is 16.2. The molecule has 3 aliphatic rings. The molecule has 3 fully saturated rings. The van der Waals surface area contributed by atoms with Crippen LogP contribution in [-0.2, 0) is 20.8 Å².